The molecule has 0 radical (unpaired) electrons. The molecule has 0 bridgehead atoms. The topological polar surface area (TPSA) is 38.3 Å². The Morgan fingerprint density at radius 3 is 2.50 bits per heavy atom. The summed E-state index contributed by atoms with van der Waals surface area (Å²) in [5.41, 5.74) is 0.110. The van der Waals surface area contributed by atoms with Crippen molar-refractivity contribution in [2.45, 2.75) is 60.0 Å². The number of ether oxygens (including phenoxy) is 1. The highest BCUT2D eigenvalue weighted by molar-refractivity contribution is 5.76. The Morgan fingerprint density at radius 1 is 1.38 bits per heavy atom. The summed E-state index contributed by atoms with van der Waals surface area (Å²) in [6, 6.07) is 0. The van der Waals surface area contributed by atoms with Crippen LogP contribution in [0.25, 0.3) is 0 Å². The first kappa shape index (κ1) is 15.4. The van der Waals surface area contributed by atoms with E-state index in [1.165, 1.54) is 0 Å². The van der Waals surface area contributed by atoms with Crippen LogP contribution in [0, 0.1) is 5.41 Å². The summed E-state index contributed by atoms with van der Waals surface area (Å²) in [5, 5.41) is 2.93. The molecule has 0 atom stereocenters. The highest BCUT2D eigenvalue weighted by Gasteiger charge is 2.19. The van der Waals surface area contributed by atoms with Gasteiger partial charge in [0.25, 0.3) is 0 Å². The lowest BCUT2D eigenvalue weighted by atomic mass is 9.86. The van der Waals surface area contributed by atoms with Gasteiger partial charge in [-0.1, -0.05) is 27.2 Å². The van der Waals surface area contributed by atoms with Gasteiger partial charge in [-0.2, -0.15) is 0 Å². The lowest BCUT2D eigenvalue weighted by molar-refractivity contribution is -0.123. The molecular formula is C13H27NO2. The normalized spacial score (nSPS) is 11.9. The molecule has 0 unspecified atom stereocenters. The smallest absolute Gasteiger partial charge is 0.220 e. The molecule has 0 spiro atoms. The molecule has 0 aromatic heterocycles. The van der Waals surface area contributed by atoms with Gasteiger partial charge >= 0.3 is 0 Å². The standard InChI is InChI=1S/C13H27NO2/c1-6-13(4,5)10-12(15)14-8-7-9-16-11(2)3/h11H,6-10H2,1-5H3,(H,14,15). The zero-order chi connectivity index (χ0) is 12.6. The van der Waals surface area contributed by atoms with E-state index in [9.17, 15) is 4.79 Å². The molecule has 0 saturated carbocycles. The molecule has 0 rings (SSSR count). The van der Waals surface area contributed by atoms with Crippen LogP contribution in [-0.2, 0) is 9.53 Å². The highest BCUT2D eigenvalue weighted by Crippen LogP contribution is 2.23. The fraction of sp³-hybridized carbons (Fsp3) is 0.923. The molecule has 3 nitrogen and oxygen atoms in total. The molecule has 1 N–H and O–H groups in total. The molecular weight excluding hydrogens is 202 g/mol. The number of carbonyl (C=O) groups is 1. The molecule has 96 valence electrons. The zero-order valence-electron chi connectivity index (χ0n) is 11.4. The van der Waals surface area contributed by atoms with Gasteiger partial charge in [0.1, 0.15) is 0 Å². The lowest BCUT2D eigenvalue weighted by Gasteiger charge is -2.21. The zero-order valence-corrected chi connectivity index (χ0v) is 11.4. The van der Waals surface area contributed by atoms with Crippen LogP contribution in [0.2, 0.25) is 0 Å². The number of nitrogens with one attached hydrogen (secondary N) is 1. The van der Waals surface area contributed by atoms with Crippen molar-refractivity contribution in [3.63, 3.8) is 0 Å². The van der Waals surface area contributed by atoms with Crippen LogP contribution in [0.4, 0.5) is 0 Å². The largest absolute Gasteiger partial charge is 0.379 e. The predicted octanol–water partition coefficient (Wildman–Crippen LogP) is 2.74. The Balaban J connectivity index is 3.52. The number of carbonyl (C=O) groups excluding carboxylic acids is 1. The summed E-state index contributed by atoms with van der Waals surface area (Å²) < 4.78 is 5.39. The Kier molecular flexibility index (Phi) is 7.39. The van der Waals surface area contributed by atoms with Crippen molar-refractivity contribution in [3.05, 3.63) is 0 Å². The predicted molar refractivity (Wildman–Crippen MR) is 67.4 cm³/mol. The Bertz CT molecular complexity index is 200. The summed E-state index contributed by atoms with van der Waals surface area (Å²) in [6.45, 7) is 11.8. The van der Waals surface area contributed by atoms with Crippen molar-refractivity contribution in [1.29, 1.82) is 0 Å². The van der Waals surface area contributed by atoms with Crippen LogP contribution in [0.15, 0.2) is 0 Å². The number of hydrogen-bond donors (Lipinski definition) is 1. The van der Waals surface area contributed by atoms with Crippen molar-refractivity contribution >= 4 is 5.91 Å². The number of hydrogen-bond acceptors (Lipinski definition) is 2. The lowest BCUT2D eigenvalue weighted by Crippen LogP contribution is -2.29. The van der Waals surface area contributed by atoms with Gasteiger partial charge in [-0.25, -0.2) is 0 Å². The third kappa shape index (κ3) is 8.72. The van der Waals surface area contributed by atoms with Gasteiger partial charge in [-0.05, 0) is 25.7 Å². The van der Waals surface area contributed by atoms with Crippen LogP contribution >= 0.6 is 0 Å². The molecule has 0 heterocycles. The first-order chi connectivity index (χ1) is 7.37. The minimum absolute atomic E-state index is 0.110. The summed E-state index contributed by atoms with van der Waals surface area (Å²) in [5.74, 6) is 0.149. The Labute approximate surface area is 99.9 Å². The average molecular weight is 229 g/mol. The SMILES string of the molecule is CCC(C)(C)CC(=O)NCCCOC(C)C. The summed E-state index contributed by atoms with van der Waals surface area (Å²) in [4.78, 5) is 11.6. The van der Waals surface area contributed by atoms with Gasteiger partial charge in [0.2, 0.25) is 5.91 Å². The van der Waals surface area contributed by atoms with E-state index in [-0.39, 0.29) is 17.4 Å². The van der Waals surface area contributed by atoms with E-state index in [0.717, 1.165) is 19.4 Å². The minimum Gasteiger partial charge on any atom is -0.379 e. The maximum atomic E-state index is 11.6. The van der Waals surface area contributed by atoms with Crippen LogP contribution < -0.4 is 5.32 Å². The van der Waals surface area contributed by atoms with Crippen molar-refractivity contribution in [3.8, 4) is 0 Å². The molecule has 0 aliphatic heterocycles. The summed E-state index contributed by atoms with van der Waals surface area (Å²) >= 11 is 0. The first-order valence-corrected chi connectivity index (χ1v) is 6.25. The average Bonchev–Trinajstić information content (AvgIpc) is 2.16. The van der Waals surface area contributed by atoms with E-state index in [1.807, 2.05) is 13.8 Å². The van der Waals surface area contributed by atoms with Crippen molar-refractivity contribution in [2.75, 3.05) is 13.2 Å². The molecule has 3 heteroatoms. The summed E-state index contributed by atoms with van der Waals surface area (Å²) in [7, 11) is 0. The molecule has 0 aliphatic rings. The molecule has 0 aliphatic carbocycles. The van der Waals surface area contributed by atoms with Gasteiger partial charge in [0.05, 0.1) is 6.10 Å². The van der Waals surface area contributed by atoms with E-state index in [1.54, 1.807) is 0 Å². The monoisotopic (exact) mass is 229 g/mol. The maximum Gasteiger partial charge on any atom is 0.220 e. The van der Waals surface area contributed by atoms with Gasteiger partial charge < -0.3 is 10.1 Å². The quantitative estimate of drug-likeness (QED) is 0.650. The molecule has 0 aromatic carbocycles. The van der Waals surface area contributed by atoms with Gasteiger partial charge in [0, 0.05) is 19.6 Å². The third-order valence-corrected chi connectivity index (χ3v) is 2.69. The van der Waals surface area contributed by atoms with Crippen molar-refractivity contribution < 1.29 is 9.53 Å². The van der Waals surface area contributed by atoms with Gasteiger partial charge in [-0.3, -0.25) is 4.79 Å². The Morgan fingerprint density at radius 2 is 2.00 bits per heavy atom. The molecule has 0 fully saturated rings. The van der Waals surface area contributed by atoms with Crippen LogP contribution in [0.1, 0.15) is 53.9 Å². The number of rotatable bonds is 8. The van der Waals surface area contributed by atoms with E-state index in [0.29, 0.717) is 13.0 Å². The van der Waals surface area contributed by atoms with E-state index < -0.39 is 0 Å². The third-order valence-electron chi connectivity index (χ3n) is 2.69. The second-order valence-electron chi connectivity index (χ2n) is 5.32. The molecule has 0 aromatic rings. The first-order valence-electron chi connectivity index (χ1n) is 6.25. The minimum atomic E-state index is 0.110. The van der Waals surface area contributed by atoms with E-state index in [2.05, 4.69) is 26.1 Å². The van der Waals surface area contributed by atoms with Crippen molar-refractivity contribution in [1.82, 2.24) is 5.32 Å². The molecule has 16 heavy (non-hydrogen) atoms. The summed E-state index contributed by atoms with van der Waals surface area (Å²) in [6.07, 6.45) is 2.79. The highest BCUT2D eigenvalue weighted by atomic mass is 16.5. The molecule has 1 amide bonds. The second-order valence-corrected chi connectivity index (χ2v) is 5.32. The van der Waals surface area contributed by atoms with Crippen LogP contribution in [-0.4, -0.2) is 25.2 Å². The van der Waals surface area contributed by atoms with E-state index in [4.69, 9.17) is 4.74 Å². The fourth-order valence-corrected chi connectivity index (χ4v) is 1.24. The second kappa shape index (κ2) is 7.66. The van der Waals surface area contributed by atoms with Crippen LogP contribution in [0.3, 0.4) is 0 Å². The van der Waals surface area contributed by atoms with Crippen LogP contribution in [0.5, 0.6) is 0 Å². The van der Waals surface area contributed by atoms with Gasteiger partial charge in [0.15, 0.2) is 0 Å². The fourth-order valence-electron chi connectivity index (χ4n) is 1.24. The maximum absolute atomic E-state index is 11.6. The molecule has 0 saturated heterocycles. The van der Waals surface area contributed by atoms with E-state index >= 15 is 0 Å². The number of amides is 1. The van der Waals surface area contributed by atoms with Gasteiger partial charge in [-0.15, -0.1) is 0 Å². The Hall–Kier alpha value is -0.570. The van der Waals surface area contributed by atoms with Crippen molar-refractivity contribution in [2.24, 2.45) is 5.41 Å².